The van der Waals surface area contributed by atoms with Crippen LogP contribution < -0.4 is 15.6 Å². The second-order valence-corrected chi connectivity index (χ2v) is 5.18. The monoisotopic (exact) mass is 274 g/mol. The molecule has 19 heavy (non-hydrogen) atoms. The smallest absolute Gasteiger partial charge is 0.387 e. The van der Waals surface area contributed by atoms with Crippen LogP contribution in [-0.4, -0.2) is 29.3 Å². The van der Waals surface area contributed by atoms with Gasteiger partial charge in [-0.25, -0.2) is 0 Å². The third kappa shape index (κ3) is 2.50. The zero-order valence-electron chi connectivity index (χ0n) is 10.00. The van der Waals surface area contributed by atoms with Crippen molar-refractivity contribution >= 4 is 0 Å². The molecule has 0 aromatic carbocycles. The van der Waals surface area contributed by atoms with E-state index in [1.807, 2.05) is 0 Å². The number of aromatic nitrogens is 2. The summed E-state index contributed by atoms with van der Waals surface area (Å²) in [4.78, 5) is 5.13. The summed E-state index contributed by atoms with van der Waals surface area (Å²) in [7, 11) is 0. The van der Waals surface area contributed by atoms with E-state index in [-0.39, 0.29) is 11.9 Å². The quantitative estimate of drug-likeness (QED) is 0.809. The van der Waals surface area contributed by atoms with Gasteiger partial charge in [0, 0.05) is 25.2 Å². The summed E-state index contributed by atoms with van der Waals surface area (Å²) >= 11 is 0. The molecule has 1 aromatic heterocycles. The molecule has 2 fully saturated rings. The number of rotatable bonds is 3. The molecule has 0 atom stereocenters. The SMILES string of the molecule is FC(F)(F)c1ccc(ONC2CC3(CNC3)C2)nn1. The molecule has 104 valence electrons. The molecule has 0 radical (unpaired) electrons. The molecule has 1 aliphatic heterocycles. The minimum atomic E-state index is -4.48. The third-order valence-corrected chi connectivity index (χ3v) is 3.62. The van der Waals surface area contributed by atoms with E-state index in [1.165, 1.54) is 0 Å². The average molecular weight is 274 g/mol. The van der Waals surface area contributed by atoms with Gasteiger partial charge in [0.2, 0.25) is 0 Å². The van der Waals surface area contributed by atoms with Crippen molar-refractivity contribution in [1.29, 1.82) is 0 Å². The van der Waals surface area contributed by atoms with Gasteiger partial charge in [-0.3, -0.25) is 0 Å². The minimum Gasteiger partial charge on any atom is -0.387 e. The van der Waals surface area contributed by atoms with Crippen molar-refractivity contribution in [2.24, 2.45) is 5.41 Å². The van der Waals surface area contributed by atoms with Crippen molar-refractivity contribution < 1.29 is 18.0 Å². The predicted octanol–water partition coefficient (Wildman–Crippen LogP) is 1.13. The van der Waals surface area contributed by atoms with Gasteiger partial charge in [0.1, 0.15) is 0 Å². The van der Waals surface area contributed by atoms with Crippen LogP contribution in [-0.2, 0) is 6.18 Å². The summed E-state index contributed by atoms with van der Waals surface area (Å²) in [5.41, 5.74) is 2.19. The van der Waals surface area contributed by atoms with Gasteiger partial charge >= 0.3 is 6.18 Å². The second-order valence-electron chi connectivity index (χ2n) is 5.18. The second kappa shape index (κ2) is 4.31. The zero-order valence-corrected chi connectivity index (χ0v) is 10.00. The first-order valence-corrected chi connectivity index (χ1v) is 6.01. The number of hydroxylamine groups is 1. The molecule has 5 nitrogen and oxygen atoms in total. The maximum Gasteiger partial charge on any atom is 0.435 e. The lowest BCUT2D eigenvalue weighted by Gasteiger charge is -2.54. The Labute approximate surface area is 107 Å². The van der Waals surface area contributed by atoms with Crippen LogP contribution in [0.3, 0.4) is 0 Å². The lowest BCUT2D eigenvalue weighted by molar-refractivity contribution is -0.141. The molecule has 2 N–H and O–H groups in total. The molecule has 0 amide bonds. The van der Waals surface area contributed by atoms with E-state index in [1.54, 1.807) is 0 Å². The van der Waals surface area contributed by atoms with Crippen molar-refractivity contribution in [3.8, 4) is 5.88 Å². The summed E-state index contributed by atoms with van der Waals surface area (Å²) in [6, 6.07) is 2.23. The summed E-state index contributed by atoms with van der Waals surface area (Å²) in [6.07, 6.45) is -2.46. The van der Waals surface area contributed by atoms with Crippen molar-refractivity contribution in [3.05, 3.63) is 17.8 Å². The predicted molar refractivity (Wildman–Crippen MR) is 59.1 cm³/mol. The van der Waals surface area contributed by atoms with Crippen LogP contribution in [0.5, 0.6) is 5.88 Å². The molecule has 3 rings (SSSR count). The lowest BCUT2D eigenvalue weighted by atomic mass is 9.62. The highest BCUT2D eigenvalue weighted by atomic mass is 19.4. The largest absolute Gasteiger partial charge is 0.435 e. The fourth-order valence-electron chi connectivity index (χ4n) is 2.51. The first-order valence-electron chi connectivity index (χ1n) is 6.01. The highest BCUT2D eigenvalue weighted by Gasteiger charge is 2.48. The van der Waals surface area contributed by atoms with Crippen LogP contribution >= 0.6 is 0 Å². The van der Waals surface area contributed by atoms with Crippen LogP contribution in [0.25, 0.3) is 0 Å². The van der Waals surface area contributed by atoms with Crippen molar-refractivity contribution in [2.45, 2.75) is 25.1 Å². The first kappa shape index (κ1) is 12.6. The van der Waals surface area contributed by atoms with Crippen LogP contribution in [0, 0.1) is 5.41 Å². The summed E-state index contributed by atoms with van der Waals surface area (Å²) in [5.74, 6) is 0.0423. The van der Waals surface area contributed by atoms with Gasteiger partial charge in [0.05, 0.1) is 0 Å². The molecule has 2 heterocycles. The number of halogens is 3. The van der Waals surface area contributed by atoms with Crippen LogP contribution in [0.15, 0.2) is 12.1 Å². The maximum atomic E-state index is 12.3. The first-order chi connectivity index (χ1) is 8.97. The maximum absolute atomic E-state index is 12.3. The third-order valence-electron chi connectivity index (χ3n) is 3.62. The average Bonchev–Trinajstić information content (AvgIpc) is 2.24. The van der Waals surface area contributed by atoms with E-state index in [0.29, 0.717) is 5.41 Å². The van der Waals surface area contributed by atoms with Crippen LogP contribution in [0.1, 0.15) is 18.5 Å². The van der Waals surface area contributed by atoms with E-state index in [4.69, 9.17) is 4.84 Å². The Morgan fingerprint density at radius 1 is 1.26 bits per heavy atom. The van der Waals surface area contributed by atoms with Crippen molar-refractivity contribution in [3.63, 3.8) is 0 Å². The molecule has 1 saturated carbocycles. The van der Waals surface area contributed by atoms with Crippen LogP contribution in [0.4, 0.5) is 13.2 Å². The van der Waals surface area contributed by atoms with E-state index in [9.17, 15) is 13.2 Å². The van der Waals surface area contributed by atoms with Crippen LogP contribution in [0.2, 0.25) is 0 Å². The zero-order chi connectivity index (χ0) is 13.5. The summed E-state index contributed by atoms with van der Waals surface area (Å²) < 4.78 is 36.8. The Morgan fingerprint density at radius 2 is 2.00 bits per heavy atom. The molecule has 2 aliphatic rings. The van der Waals surface area contributed by atoms with Gasteiger partial charge in [-0.05, 0) is 24.3 Å². The molecule has 1 aromatic rings. The van der Waals surface area contributed by atoms with Gasteiger partial charge in [0.25, 0.3) is 5.88 Å². The molecule has 1 saturated heterocycles. The fraction of sp³-hybridized carbons (Fsp3) is 0.636. The Kier molecular flexibility index (Phi) is 2.86. The molecular weight excluding hydrogens is 261 g/mol. The van der Waals surface area contributed by atoms with Crippen molar-refractivity contribution in [2.75, 3.05) is 13.1 Å². The molecule has 0 unspecified atom stereocenters. The van der Waals surface area contributed by atoms with Gasteiger partial charge in [-0.1, -0.05) is 0 Å². The van der Waals surface area contributed by atoms with E-state index >= 15 is 0 Å². The number of alkyl halides is 3. The molecule has 8 heteroatoms. The molecule has 0 bridgehead atoms. The highest BCUT2D eigenvalue weighted by Crippen LogP contribution is 2.44. The lowest BCUT2D eigenvalue weighted by Crippen LogP contribution is -2.64. The molecule has 1 spiro atoms. The minimum absolute atomic E-state index is 0.0423. The Bertz CT molecular complexity index is 450. The summed E-state index contributed by atoms with van der Waals surface area (Å²) in [6.45, 7) is 2.07. The number of hydrogen-bond donors (Lipinski definition) is 2. The van der Waals surface area contributed by atoms with Gasteiger partial charge in [-0.2, -0.15) is 18.7 Å². The van der Waals surface area contributed by atoms with E-state index in [0.717, 1.165) is 38.1 Å². The topological polar surface area (TPSA) is 59.1 Å². The number of nitrogens with zero attached hydrogens (tertiary/aromatic N) is 2. The van der Waals surface area contributed by atoms with Gasteiger partial charge in [-0.15, -0.1) is 10.2 Å². The molecular formula is C11H13F3N4O. The summed E-state index contributed by atoms with van der Waals surface area (Å²) in [5, 5.41) is 9.68. The number of hydrogen-bond acceptors (Lipinski definition) is 5. The van der Waals surface area contributed by atoms with Gasteiger partial charge < -0.3 is 10.2 Å². The number of nitrogens with one attached hydrogen (secondary N) is 2. The van der Waals surface area contributed by atoms with Crippen molar-refractivity contribution in [1.82, 2.24) is 21.0 Å². The van der Waals surface area contributed by atoms with E-state index in [2.05, 4.69) is 21.0 Å². The molecule has 1 aliphatic carbocycles. The normalized spacial score (nSPS) is 21.8. The Morgan fingerprint density at radius 3 is 2.47 bits per heavy atom. The Balaban J connectivity index is 1.48. The fourth-order valence-corrected chi connectivity index (χ4v) is 2.51. The Hall–Kier alpha value is -1.41. The van der Waals surface area contributed by atoms with Gasteiger partial charge in [0.15, 0.2) is 5.69 Å². The van der Waals surface area contributed by atoms with E-state index < -0.39 is 11.9 Å². The highest BCUT2D eigenvalue weighted by molar-refractivity contribution is 5.13. The standard InChI is InChI=1S/C11H13F3N4O/c12-11(13,14)8-1-2-9(17-16-8)19-18-7-3-10(4-7)5-15-6-10/h1-2,7,15,18H,3-6H2.